The van der Waals surface area contributed by atoms with E-state index in [1.807, 2.05) is 38.1 Å². The maximum Gasteiger partial charge on any atom is 0.249 e. The van der Waals surface area contributed by atoms with Crippen LogP contribution in [-0.4, -0.2) is 26.0 Å². The Morgan fingerprint density at radius 3 is 2.43 bits per heavy atom. The second kappa shape index (κ2) is 6.16. The Morgan fingerprint density at radius 2 is 1.74 bits per heavy atom. The number of aryl methyl sites for hydroxylation is 1. The second-order valence-electron chi connectivity index (χ2n) is 5.90. The van der Waals surface area contributed by atoms with Gasteiger partial charge < -0.3 is 14.5 Å². The summed E-state index contributed by atoms with van der Waals surface area (Å²) in [5.74, 6) is 0.120. The van der Waals surface area contributed by atoms with Crippen molar-refractivity contribution in [2.75, 3.05) is 28.6 Å². The minimum atomic E-state index is -0.146. The molecule has 1 heterocycles. The van der Waals surface area contributed by atoms with Crippen LogP contribution in [0.25, 0.3) is 0 Å². The van der Waals surface area contributed by atoms with Crippen molar-refractivity contribution in [3.8, 4) is 0 Å². The van der Waals surface area contributed by atoms with Gasteiger partial charge in [0.2, 0.25) is 5.91 Å². The number of nitrogens with one attached hydrogen (secondary N) is 1. The highest BCUT2D eigenvalue weighted by Gasteiger charge is 2.31. The van der Waals surface area contributed by atoms with E-state index in [-0.39, 0.29) is 11.9 Å². The first-order valence-corrected chi connectivity index (χ1v) is 8.43. The first-order valence-electron chi connectivity index (χ1n) is 7.61. The molecule has 0 saturated carbocycles. The van der Waals surface area contributed by atoms with Crippen molar-refractivity contribution in [3.63, 3.8) is 0 Å². The van der Waals surface area contributed by atoms with E-state index in [9.17, 15) is 4.79 Å². The molecule has 0 spiro atoms. The van der Waals surface area contributed by atoms with E-state index in [0.717, 1.165) is 17.1 Å². The molecule has 1 atom stereocenters. The van der Waals surface area contributed by atoms with E-state index in [4.69, 9.17) is 0 Å². The maximum atomic E-state index is 12.2. The van der Waals surface area contributed by atoms with Crippen LogP contribution in [0, 0.1) is 6.92 Å². The highest BCUT2D eigenvalue weighted by molar-refractivity contribution is 8.00. The van der Waals surface area contributed by atoms with Crippen LogP contribution in [0.3, 0.4) is 0 Å². The summed E-state index contributed by atoms with van der Waals surface area (Å²) in [7, 11) is 3.80. The predicted octanol–water partition coefficient (Wildman–Crippen LogP) is 3.92. The molecule has 0 unspecified atom stereocenters. The van der Waals surface area contributed by atoms with Crippen molar-refractivity contribution in [3.05, 3.63) is 48.0 Å². The fourth-order valence-corrected chi connectivity index (χ4v) is 3.29. The molecule has 0 fully saturated rings. The van der Waals surface area contributed by atoms with Gasteiger partial charge in [-0.15, -0.1) is 0 Å². The van der Waals surface area contributed by atoms with E-state index in [0.29, 0.717) is 0 Å². The summed E-state index contributed by atoms with van der Waals surface area (Å²) in [6.45, 7) is 4.02. The van der Waals surface area contributed by atoms with Crippen LogP contribution in [-0.2, 0) is 4.79 Å². The number of likely N-dealkylation sites (N-methyl/N-ethyl adjacent to an activating group) is 2. The van der Waals surface area contributed by atoms with E-state index < -0.39 is 0 Å². The van der Waals surface area contributed by atoms with Crippen LogP contribution in [0.15, 0.2) is 47.4 Å². The standard InChI is InChI=1S/C18H21N3OS/c1-12-5-8-15(9-6-12)23-19-14-7-10-16-17(11-14)20(3)13(2)18(22)21(16)4/h5-11,13,19H,1-4H3/t13-/m0/s1. The monoisotopic (exact) mass is 327 g/mol. The quantitative estimate of drug-likeness (QED) is 0.867. The molecule has 2 aromatic carbocycles. The van der Waals surface area contributed by atoms with Crippen molar-refractivity contribution in [1.82, 2.24) is 0 Å². The minimum Gasteiger partial charge on any atom is -0.361 e. The molecule has 1 N–H and O–H groups in total. The van der Waals surface area contributed by atoms with Gasteiger partial charge in [0.1, 0.15) is 6.04 Å². The van der Waals surface area contributed by atoms with Gasteiger partial charge in [-0.2, -0.15) is 0 Å². The Kier molecular flexibility index (Phi) is 4.22. The molecule has 5 heteroatoms. The number of benzene rings is 2. The summed E-state index contributed by atoms with van der Waals surface area (Å²) in [6, 6.07) is 14.4. The zero-order valence-corrected chi connectivity index (χ0v) is 14.6. The third-order valence-electron chi connectivity index (χ3n) is 4.29. The van der Waals surface area contributed by atoms with Crippen molar-refractivity contribution >= 4 is 34.9 Å². The molecule has 0 radical (unpaired) electrons. The van der Waals surface area contributed by atoms with Gasteiger partial charge in [0.25, 0.3) is 0 Å². The predicted molar refractivity (Wildman–Crippen MR) is 98.4 cm³/mol. The molecule has 3 rings (SSSR count). The molecule has 2 aromatic rings. The normalized spacial score (nSPS) is 17.2. The highest BCUT2D eigenvalue weighted by Crippen LogP contribution is 2.37. The number of carbonyl (C=O) groups excluding carboxylic acids is 1. The third kappa shape index (κ3) is 3.01. The van der Waals surface area contributed by atoms with Crippen molar-refractivity contribution in [2.45, 2.75) is 24.8 Å². The van der Waals surface area contributed by atoms with Gasteiger partial charge in [0.05, 0.1) is 11.4 Å². The van der Waals surface area contributed by atoms with Gasteiger partial charge in [0.15, 0.2) is 0 Å². The van der Waals surface area contributed by atoms with Crippen LogP contribution in [0.5, 0.6) is 0 Å². The Morgan fingerprint density at radius 1 is 1.04 bits per heavy atom. The molecule has 23 heavy (non-hydrogen) atoms. The number of rotatable bonds is 3. The van der Waals surface area contributed by atoms with Gasteiger partial charge in [-0.3, -0.25) is 4.79 Å². The average molecular weight is 327 g/mol. The first-order chi connectivity index (χ1) is 11.0. The summed E-state index contributed by atoms with van der Waals surface area (Å²) < 4.78 is 3.38. The number of hydrogen-bond donors (Lipinski definition) is 1. The third-order valence-corrected chi connectivity index (χ3v) is 5.14. The minimum absolute atomic E-state index is 0.120. The van der Waals surface area contributed by atoms with Gasteiger partial charge >= 0.3 is 0 Å². The summed E-state index contributed by atoms with van der Waals surface area (Å²) in [4.78, 5) is 17.1. The summed E-state index contributed by atoms with van der Waals surface area (Å²) >= 11 is 1.59. The molecule has 1 aliphatic heterocycles. The van der Waals surface area contributed by atoms with Crippen LogP contribution in [0.1, 0.15) is 12.5 Å². The van der Waals surface area contributed by atoms with E-state index in [1.165, 1.54) is 10.5 Å². The fraction of sp³-hybridized carbons (Fsp3) is 0.278. The molecule has 120 valence electrons. The lowest BCUT2D eigenvalue weighted by Gasteiger charge is -2.38. The largest absolute Gasteiger partial charge is 0.361 e. The number of anilines is 3. The lowest BCUT2D eigenvalue weighted by Crippen LogP contribution is -2.48. The number of amides is 1. The number of fused-ring (bicyclic) bond motifs is 1. The Labute approximate surface area is 141 Å². The van der Waals surface area contributed by atoms with Crippen LogP contribution >= 0.6 is 11.9 Å². The van der Waals surface area contributed by atoms with Crippen molar-refractivity contribution in [1.29, 1.82) is 0 Å². The van der Waals surface area contributed by atoms with Crippen molar-refractivity contribution < 1.29 is 4.79 Å². The second-order valence-corrected chi connectivity index (χ2v) is 6.78. The zero-order valence-electron chi connectivity index (χ0n) is 13.8. The Bertz CT molecular complexity index is 730. The summed E-state index contributed by atoms with van der Waals surface area (Å²) in [6.07, 6.45) is 0. The SMILES string of the molecule is Cc1ccc(SNc2ccc3c(c2)N(C)[C@@H](C)C(=O)N3C)cc1. The molecular weight excluding hydrogens is 306 g/mol. The highest BCUT2D eigenvalue weighted by atomic mass is 32.2. The number of hydrogen-bond acceptors (Lipinski definition) is 4. The molecule has 1 aliphatic rings. The lowest BCUT2D eigenvalue weighted by atomic mass is 10.1. The Balaban J connectivity index is 1.80. The number of carbonyl (C=O) groups is 1. The summed E-state index contributed by atoms with van der Waals surface area (Å²) in [5.41, 5.74) is 4.29. The van der Waals surface area contributed by atoms with E-state index in [1.54, 1.807) is 16.8 Å². The summed E-state index contributed by atoms with van der Waals surface area (Å²) in [5, 5.41) is 0. The van der Waals surface area contributed by atoms with Crippen LogP contribution < -0.4 is 14.5 Å². The topological polar surface area (TPSA) is 35.6 Å². The first kappa shape index (κ1) is 15.7. The fourth-order valence-electron chi connectivity index (χ4n) is 2.65. The maximum absolute atomic E-state index is 12.2. The van der Waals surface area contributed by atoms with Crippen LogP contribution in [0.2, 0.25) is 0 Å². The molecule has 0 bridgehead atoms. The smallest absolute Gasteiger partial charge is 0.249 e. The molecular formula is C18H21N3OS. The van der Waals surface area contributed by atoms with Gasteiger partial charge in [-0.05, 0) is 56.1 Å². The van der Waals surface area contributed by atoms with Crippen LogP contribution in [0.4, 0.5) is 17.1 Å². The van der Waals surface area contributed by atoms with Gasteiger partial charge in [-0.1, -0.05) is 17.7 Å². The van der Waals surface area contributed by atoms with E-state index >= 15 is 0 Å². The average Bonchev–Trinajstić information content (AvgIpc) is 2.57. The molecule has 0 aliphatic carbocycles. The number of nitrogens with zero attached hydrogens (tertiary/aromatic N) is 2. The zero-order chi connectivity index (χ0) is 16.6. The Hall–Kier alpha value is -2.14. The molecule has 1 amide bonds. The molecule has 0 aromatic heterocycles. The van der Waals surface area contributed by atoms with Gasteiger partial charge in [0, 0.05) is 24.7 Å². The van der Waals surface area contributed by atoms with Gasteiger partial charge in [-0.25, -0.2) is 0 Å². The molecule has 0 saturated heterocycles. The van der Waals surface area contributed by atoms with Crippen molar-refractivity contribution in [2.24, 2.45) is 0 Å². The van der Waals surface area contributed by atoms with E-state index in [2.05, 4.69) is 42.0 Å². The molecule has 4 nitrogen and oxygen atoms in total. The lowest BCUT2D eigenvalue weighted by molar-refractivity contribution is -0.119.